The van der Waals surface area contributed by atoms with Gasteiger partial charge in [-0.05, 0) is 100 Å². The molecule has 1 unspecified atom stereocenters. The minimum absolute atomic E-state index is 0.00474. The number of benzene rings is 3. The van der Waals surface area contributed by atoms with Crippen LogP contribution >= 0.6 is 0 Å². The number of hydrogen-bond donors (Lipinski definition) is 2. The lowest BCUT2D eigenvalue weighted by Crippen LogP contribution is -2.47. The number of nitrogen functional groups attached to an aromatic ring is 1. The van der Waals surface area contributed by atoms with E-state index in [1.54, 1.807) is 4.90 Å². The molecule has 9 rings (SSSR count). The normalized spacial score (nSPS) is 19.4. The van der Waals surface area contributed by atoms with Gasteiger partial charge >= 0.3 is 0 Å². The lowest BCUT2D eigenvalue weighted by Gasteiger charge is -2.35. The average Bonchev–Trinajstić information content (AvgIpc) is 3.87. The van der Waals surface area contributed by atoms with Crippen LogP contribution in [0.3, 0.4) is 0 Å². The Kier molecular flexibility index (Phi) is 15.4. The standard InChI is InChI=1S/C53H66N10O5/c54-51-49-50(38-19-23-42(24-20-38)68-41-14-6-5-7-15-41)58-63(52(49)57-37-56-51)39-13-11-30-61(35-39)48(66)18-12-29-60-33-31-59(32-34-60)28-9-4-2-1-3-8-27-55-45-17-10-16-43-44(45)36-62(53(43)67)46-25-21-40(64)22-26-47(46)65/h5-7,10,14-17,19-20,23-24,37,39,46,55H,1-4,8-9,11-13,18,21-22,25-36H2,(H2,54,56,57)/t39-,46?/m1/s1. The second-order valence-electron chi connectivity index (χ2n) is 19.0. The number of amides is 2. The lowest BCUT2D eigenvalue weighted by molar-refractivity contribution is -0.133. The van der Waals surface area contributed by atoms with Gasteiger partial charge in [0, 0.05) is 100 Å². The third-order valence-corrected chi connectivity index (χ3v) is 14.4. The molecule has 358 valence electrons. The molecule has 1 aliphatic carbocycles. The number of anilines is 2. The van der Waals surface area contributed by atoms with E-state index in [0.29, 0.717) is 55.8 Å². The van der Waals surface area contributed by atoms with Crippen molar-refractivity contribution in [1.29, 1.82) is 0 Å². The van der Waals surface area contributed by atoms with Crippen molar-refractivity contribution < 1.29 is 23.9 Å². The van der Waals surface area contributed by atoms with Crippen molar-refractivity contribution in [2.24, 2.45) is 0 Å². The first-order valence-electron chi connectivity index (χ1n) is 25.0. The highest BCUT2D eigenvalue weighted by molar-refractivity contribution is 6.03. The Labute approximate surface area is 399 Å². The summed E-state index contributed by atoms with van der Waals surface area (Å²) < 4.78 is 7.97. The molecule has 4 aliphatic rings. The molecule has 0 spiro atoms. The van der Waals surface area contributed by atoms with Gasteiger partial charge in [0.15, 0.2) is 11.4 Å². The Balaban J connectivity index is 0.645. The van der Waals surface area contributed by atoms with Gasteiger partial charge in [-0.2, -0.15) is 5.10 Å². The first-order valence-corrected chi connectivity index (χ1v) is 25.0. The van der Waals surface area contributed by atoms with Gasteiger partial charge in [-0.1, -0.05) is 49.9 Å². The second-order valence-corrected chi connectivity index (χ2v) is 19.0. The molecule has 2 atom stereocenters. The van der Waals surface area contributed by atoms with Gasteiger partial charge in [0.25, 0.3) is 5.91 Å². The van der Waals surface area contributed by atoms with Crippen LogP contribution < -0.4 is 15.8 Å². The third kappa shape index (κ3) is 11.2. The summed E-state index contributed by atoms with van der Waals surface area (Å²) >= 11 is 0. The van der Waals surface area contributed by atoms with Gasteiger partial charge in [-0.3, -0.25) is 19.2 Å². The molecule has 3 aliphatic heterocycles. The molecule has 3 N–H and O–H groups in total. The number of carbonyl (C=O) groups is 4. The van der Waals surface area contributed by atoms with Crippen molar-refractivity contribution in [2.75, 3.05) is 70.0 Å². The van der Waals surface area contributed by atoms with Gasteiger partial charge < -0.3 is 35.4 Å². The minimum Gasteiger partial charge on any atom is -0.457 e. The van der Waals surface area contributed by atoms with Crippen LogP contribution in [0.25, 0.3) is 22.3 Å². The molecular formula is C53H66N10O5. The first kappa shape index (κ1) is 46.9. The molecule has 15 heteroatoms. The van der Waals surface area contributed by atoms with E-state index in [1.165, 1.54) is 32.0 Å². The molecule has 0 radical (unpaired) electrons. The summed E-state index contributed by atoms with van der Waals surface area (Å²) in [4.78, 5) is 69.3. The van der Waals surface area contributed by atoms with Crippen molar-refractivity contribution >= 4 is 45.9 Å². The number of carbonyl (C=O) groups excluding carboxylic acids is 4. The molecule has 2 amide bonds. The van der Waals surface area contributed by atoms with Crippen LogP contribution in [0.1, 0.15) is 112 Å². The van der Waals surface area contributed by atoms with E-state index in [-0.39, 0.29) is 35.8 Å². The number of para-hydroxylation sites is 1. The maximum atomic E-state index is 13.6. The van der Waals surface area contributed by atoms with Crippen molar-refractivity contribution in [2.45, 2.75) is 109 Å². The maximum Gasteiger partial charge on any atom is 0.255 e. The number of ether oxygens (including phenoxy) is 1. The summed E-state index contributed by atoms with van der Waals surface area (Å²) in [6.45, 7) is 8.96. The van der Waals surface area contributed by atoms with Crippen molar-refractivity contribution in [3.05, 3.63) is 90.3 Å². The Hall–Kier alpha value is -6.19. The van der Waals surface area contributed by atoms with Gasteiger partial charge in [0.1, 0.15) is 35.1 Å². The number of nitrogens with two attached hydrogens (primary N) is 1. The number of rotatable bonds is 19. The molecule has 2 saturated heterocycles. The molecule has 3 aromatic carbocycles. The third-order valence-electron chi connectivity index (χ3n) is 14.4. The summed E-state index contributed by atoms with van der Waals surface area (Å²) in [6, 6.07) is 22.8. The number of nitrogens with one attached hydrogen (secondary N) is 1. The fourth-order valence-electron chi connectivity index (χ4n) is 10.5. The fourth-order valence-corrected chi connectivity index (χ4v) is 10.5. The summed E-state index contributed by atoms with van der Waals surface area (Å²) in [5.74, 6) is 2.10. The van der Waals surface area contributed by atoms with Crippen molar-refractivity contribution in [1.82, 2.24) is 39.3 Å². The zero-order valence-electron chi connectivity index (χ0n) is 39.3. The van der Waals surface area contributed by atoms with Crippen molar-refractivity contribution in [3.63, 3.8) is 0 Å². The fraction of sp³-hybridized carbons (Fsp3) is 0.491. The van der Waals surface area contributed by atoms with Gasteiger partial charge in [-0.25, -0.2) is 14.6 Å². The topological polar surface area (TPSA) is 172 Å². The van der Waals surface area contributed by atoms with E-state index in [9.17, 15) is 19.2 Å². The summed E-state index contributed by atoms with van der Waals surface area (Å²) in [7, 11) is 0. The summed E-state index contributed by atoms with van der Waals surface area (Å²) in [6.07, 6.45) is 13.1. The van der Waals surface area contributed by atoms with Gasteiger partial charge in [-0.15, -0.1) is 0 Å². The number of likely N-dealkylation sites (tertiary alicyclic amines) is 1. The van der Waals surface area contributed by atoms with Crippen LogP contribution in [-0.4, -0.2) is 128 Å². The molecule has 0 bridgehead atoms. The zero-order chi connectivity index (χ0) is 46.8. The quantitative estimate of drug-likeness (QED) is 0.0607. The van der Waals surface area contributed by atoms with E-state index in [4.69, 9.17) is 15.6 Å². The number of hydrogen-bond acceptors (Lipinski definition) is 12. The van der Waals surface area contributed by atoms with Gasteiger partial charge in [0.05, 0.1) is 17.5 Å². The number of piperidine rings is 1. The predicted molar refractivity (Wildman–Crippen MR) is 263 cm³/mol. The summed E-state index contributed by atoms with van der Waals surface area (Å²) in [5.41, 5.74) is 11.4. The average molecular weight is 923 g/mol. The molecule has 3 fully saturated rings. The number of ketones is 2. The van der Waals surface area contributed by atoms with Crippen LogP contribution in [0.2, 0.25) is 0 Å². The SMILES string of the molecule is Nc1ncnc2c1c(-c1ccc(Oc3ccccc3)cc1)nn2[C@@H]1CCCN(C(=O)CCCN2CCN(CCCCCCCCNc3cccc4c3CN(C3CCC(=O)CCC3=O)C4=O)CC2)C1. The van der Waals surface area contributed by atoms with Crippen LogP contribution in [0.4, 0.5) is 11.5 Å². The highest BCUT2D eigenvalue weighted by atomic mass is 16.5. The second kappa shape index (κ2) is 22.3. The van der Waals surface area contributed by atoms with E-state index >= 15 is 0 Å². The first-order chi connectivity index (χ1) is 33.3. The van der Waals surface area contributed by atoms with E-state index in [0.717, 1.165) is 124 Å². The number of Topliss-reactive ketones (excluding diaryl/α,β-unsaturated/α-hetero) is 2. The molecule has 1 saturated carbocycles. The highest BCUT2D eigenvalue weighted by Crippen LogP contribution is 2.36. The molecular weight excluding hydrogens is 857 g/mol. The van der Waals surface area contributed by atoms with E-state index < -0.39 is 6.04 Å². The molecule has 5 heterocycles. The van der Waals surface area contributed by atoms with Crippen LogP contribution in [0.5, 0.6) is 11.5 Å². The Morgan fingerprint density at radius 2 is 1.49 bits per heavy atom. The monoisotopic (exact) mass is 923 g/mol. The number of nitrogens with zero attached hydrogens (tertiary/aromatic N) is 8. The number of fused-ring (bicyclic) bond motifs is 2. The largest absolute Gasteiger partial charge is 0.457 e. The number of aromatic nitrogens is 4. The van der Waals surface area contributed by atoms with Crippen molar-refractivity contribution in [3.8, 4) is 22.8 Å². The molecule has 2 aromatic heterocycles. The minimum atomic E-state index is -0.502. The Morgan fingerprint density at radius 1 is 0.750 bits per heavy atom. The maximum absolute atomic E-state index is 13.6. The number of unbranched alkanes of at least 4 members (excludes halogenated alkanes) is 5. The van der Waals surface area contributed by atoms with Crippen LogP contribution in [0, 0.1) is 0 Å². The van der Waals surface area contributed by atoms with E-state index in [2.05, 4.69) is 25.1 Å². The Bertz CT molecular complexity index is 2540. The summed E-state index contributed by atoms with van der Waals surface area (Å²) in [5, 5.41) is 9.37. The highest BCUT2D eigenvalue weighted by Gasteiger charge is 2.38. The Morgan fingerprint density at radius 3 is 2.28 bits per heavy atom. The number of piperazine rings is 1. The lowest BCUT2D eigenvalue weighted by atomic mass is 10.0. The van der Waals surface area contributed by atoms with Crippen LogP contribution in [0.15, 0.2) is 79.1 Å². The van der Waals surface area contributed by atoms with Crippen LogP contribution in [-0.2, 0) is 20.9 Å². The predicted octanol–water partition coefficient (Wildman–Crippen LogP) is 7.92. The molecule has 68 heavy (non-hydrogen) atoms. The molecule has 15 nitrogen and oxygen atoms in total. The smallest absolute Gasteiger partial charge is 0.255 e. The molecule has 5 aromatic rings. The zero-order valence-corrected chi connectivity index (χ0v) is 39.3. The van der Waals surface area contributed by atoms with E-state index in [1.807, 2.05) is 82.4 Å². The van der Waals surface area contributed by atoms with Gasteiger partial charge in [0.2, 0.25) is 5.91 Å².